The zero-order valence-corrected chi connectivity index (χ0v) is 15.4. The van der Waals surface area contributed by atoms with Crippen molar-refractivity contribution in [3.63, 3.8) is 0 Å². The molecule has 2 fully saturated rings. The molecular formula is C20H31N3O. The molecule has 24 heavy (non-hydrogen) atoms. The van der Waals surface area contributed by atoms with Crippen molar-refractivity contribution in [3.8, 4) is 0 Å². The summed E-state index contributed by atoms with van der Waals surface area (Å²) >= 11 is 0. The van der Waals surface area contributed by atoms with Gasteiger partial charge in [-0.15, -0.1) is 0 Å². The molecule has 0 saturated carbocycles. The molecule has 3 heterocycles. The maximum absolute atomic E-state index is 12.5. The molecule has 132 valence electrons. The smallest absolute Gasteiger partial charge is 0.227 e. The summed E-state index contributed by atoms with van der Waals surface area (Å²) in [5.74, 6) is 1.81. The van der Waals surface area contributed by atoms with Gasteiger partial charge in [0.25, 0.3) is 0 Å². The van der Waals surface area contributed by atoms with Gasteiger partial charge in [-0.25, -0.2) is 0 Å². The summed E-state index contributed by atoms with van der Waals surface area (Å²) in [5.41, 5.74) is 1.06. The van der Waals surface area contributed by atoms with E-state index in [2.05, 4.69) is 20.9 Å². The monoisotopic (exact) mass is 329 g/mol. The van der Waals surface area contributed by atoms with Gasteiger partial charge in [-0.3, -0.25) is 14.7 Å². The van der Waals surface area contributed by atoms with Gasteiger partial charge in [0.2, 0.25) is 5.91 Å². The molecule has 4 nitrogen and oxygen atoms in total. The third kappa shape index (κ3) is 4.15. The Hall–Kier alpha value is -1.42. The van der Waals surface area contributed by atoms with Gasteiger partial charge in [0, 0.05) is 37.4 Å². The molecule has 0 radical (unpaired) electrons. The molecule has 0 spiro atoms. The van der Waals surface area contributed by atoms with Crippen LogP contribution in [0.5, 0.6) is 0 Å². The minimum atomic E-state index is -0.248. The summed E-state index contributed by atoms with van der Waals surface area (Å²) in [6, 6.07) is 4.17. The number of rotatable bonds is 3. The minimum Gasteiger partial charge on any atom is -0.342 e. The predicted molar refractivity (Wildman–Crippen MR) is 96.4 cm³/mol. The van der Waals surface area contributed by atoms with E-state index in [1.54, 1.807) is 0 Å². The van der Waals surface area contributed by atoms with Crippen molar-refractivity contribution in [2.75, 3.05) is 26.2 Å². The normalized spacial score (nSPS) is 23.6. The van der Waals surface area contributed by atoms with Crippen LogP contribution in [0, 0.1) is 17.3 Å². The number of nitrogens with zero attached hydrogens (tertiary/aromatic N) is 3. The molecule has 0 aliphatic carbocycles. The first-order valence-electron chi connectivity index (χ1n) is 9.34. The molecule has 0 bridgehead atoms. The molecule has 1 unspecified atom stereocenters. The van der Waals surface area contributed by atoms with Crippen molar-refractivity contribution in [3.05, 3.63) is 30.1 Å². The maximum Gasteiger partial charge on any atom is 0.227 e. The van der Waals surface area contributed by atoms with E-state index in [-0.39, 0.29) is 5.41 Å². The molecule has 0 N–H and O–H groups in total. The predicted octanol–water partition coefficient (Wildman–Crippen LogP) is 3.19. The Balaban J connectivity index is 1.47. The van der Waals surface area contributed by atoms with Crippen molar-refractivity contribution in [2.45, 2.75) is 46.6 Å². The fourth-order valence-corrected chi connectivity index (χ4v) is 4.16. The summed E-state index contributed by atoms with van der Waals surface area (Å²) in [4.78, 5) is 21.3. The van der Waals surface area contributed by atoms with Crippen LogP contribution in [0.25, 0.3) is 0 Å². The highest BCUT2D eigenvalue weighted by molar-refractivity contribution is 5.81. The van der Waals surface area contributed by atoms with Gasteiger partial charge in [-0.2, -0.15) is 0 Å². The molecule has 3 rings (SSSR count). The van der Waals surface area contributed by atoms with Gasteiger partial charge < -0.3 is 4.90 Å². The van der Waals surface area contributed by atoms with Crippen LogP contribution < -0.4 is 0 Å². The zero-order valence-electron chi connectivity index (χ0n) is 15.4. The van der Waals surface area contributed by atoms with Crippen molar-refractivity contribution in [1.82, 2.24) is 14.8 Å². The number of piperidine rings is 1. The second-order valence-corrected chi connectivity index (χ2v) is 8.52. The van der Waals surface area contributed by atoms with Crippen LogP contribution in [0.3, 0.4) is 0 Å². The Morgan fingerprint density at radius 1 is 1.17 bits per heavy atom. The molecule has 4 heteroatoms. The number of hydrogen-bond acceptors (Lipinski definition) is 3. The van der Waals surface area contributed by atoms with E-state index in [0.717, 1.165) is 25.6 Å². The second kappa shape index (κ2) is 7.22. The first-order chi connectivity index (χ1) is 11.4. The minimum absolute atomic E-state index is 0.248. The van der Waals surface area contributed by atoms with Crippen molar-refractivity contribution < 1.29 is 4.79 Å². The lowest BCUT2D eigenvalue weighted by molar-refractivity contribution is -0.138. The number of pyridine rings is 1. The van der Waals surface area contributed by atoms with Gasteiger partial charge in [-0.1, -0.05) is 26.8 Å². The van der Waals surface area contributed by atoms with Crippen LogP contribution >= 0.6 is 0 Å². The summed E-state index contributed by atoms with van der Waals surface area (Å²) in [7, 11) is 0. The third-order valence-electron chi connectivity index (χ3n) is 5.58. The number of hydrogen-bond donors (Lipinski definition) is 0. The lowest BCUT2D eigenvalue weighted by atomic mass is 9.83. The van der Waals surface area contributed by atoms with E-state index < -0.39 is 0 Å². The molecule has 1 aromatic rings. The van der Waals surface area contributed by atoms with Crippen LogP contribution in [0.15, 0.2) is 24.5 Å². The summed E-state index contributed by atoms with van der Waals surface area (Å²) in [5, 5.41) is 0. The quantitative estimate of drug-likeness (QED) is 0.854. The van der Waals surface area contributed by atoms with E-state index in [0.29, 0.717) is 11.8 Å². The highest BCUT2D eigenvalue weighted by atomic mass is 16.2. The highest BCUT2D eigenvalue weighted by Crippen LogP contribution is 2.33. The first kappa shape index (κ1) is 17.4. The van der Waals surface area contributed by atoms with Crippen molar-refractivity contribution in [1.29, 1.82) is 0 Å². The number of aromatic nitrogens is 1. The van der Waals surface area contributed by atoms with Gasteiger partial charge in [-0.05, 0) is 55.8 Å². The Morgan fingerprint density at radius 3 is 2.50 bits per heavy atom. The number of carbonyl (C=O) groups is 1. The molecule has 1 amide bonds. The van der Waals surface area contributed by atoms with Gasteiger partial charge in [0.15, 0.2) is 0 Å². The van der Waals surface area contributed by atoms with Crippen LogP contribution in [0.1, 0.15) is 45.6 Å². The zero-order chi connectivity index (χ0) is 17.2. The van der Waals surface area contributed by atoms with Crippen molar-refractivity contribution >= 4 is 5.91 Å². The van der Waals surface area contributed by atoms with Crippen LogP contribution in [0.4, 0.5) is 0 Å². The van der Waals surface area contributed by atoms with E-state index in [4.69, 9.17) is 0 Å². The first-order valence-corrected chi connectivity index (χ1v) is 9.34. The topological polar surface area (TPSA) is 36.4 Å². The van der Waals surface area contributed by atoms with Gasteiger partial charge in [0.05, 0.1) is 0 Å². The number of carbonyl (C=O) groups excluding carboxylic acids is 1. The van der Waals surface area contributed by atoms with Crippen LogP contribution in [-0.2, 0) is 11.3 Å². The molecule has 0 aromatic carbocycles. The van der Waals surface area contributed by atoms with Gasteiger partial charge >= 0.3 is 0 Å². The number of amides is 1. The fourth-order valence-electron chi connectivity index (χ4n) is 4.16. The molecular weight excluding hydrogens is 298 g/mol. The number of likely N-dealkylation sites (tertiary alicyclic amines) is 2. The standard InChI is InChI=1S/C20H31N3O/c1-20(2,3)19(24)23-12-8-18(15-23)17-6-10-22(11-7-17)14-16-5-4-9-21-13-16/h4-5,9,13,17-18H,6-8,10-12,14-15H2,1-3H3. The highest BCUT2D eigenvalue weighted by Gasteiger charge is 2.36. The Bertz CT molecular complexity index is 544. The van der Waals surface area contributed by atoms with E-state index in [9.17, 15) is 4.79 Å². The van der Waals surface area contributed by atoms with Crippen molar-refractivity contribution in [2.24, 2.45) is 17.3 Å². The SMILES string of the molecule is CC(C)(C)C(=O)N1CCC(C2CCN(Cc3cccnc3)CC2)C1. The van der Waals surface area contributed by atoms with E-state index in [1.807, 2.05) is 39.2 Å². The molecule has 2 aliphatic rings. The Kier molecular flexibility index (Phi) is 5.24. The Morgan fingerprint density at radius 2 is 1.88 bits per heavy atom. The summed E-state index contributed by atoms with van der Waals surface area (Å²) in [6.07, 6.45) is 7.53. The van der Waals surface area contributed by atoms with Crippen LogP contribution in [-0.4, -0.2) is 46.9 Å². The van der Waals surface area contributed by atoms with E-state index in [1.165, 1.54) is 37.9 Å². The lowest BCUT2D eigenvalue weighted by Crippen LogP contribution is -2.39. The van der Waals surface area contributed by atoms with E-state index >= 15 is 0 Å². The van der Waals surface area contributed by atoms with Crippen LogP contribution in [0.2, 0.25) is 0 Å². The molecule has 2 aliphatic heterocycles. The Labute approximate surface area is 146 Å². The van der Waals surface area contributed by atoms with Gasteiger partial charge in [0.1, 0.15) is 0 Å². The molecule has 1 atom stereocenters. The average Bonchev–Trinajstić information content (AvgIpc) is 3.05. The third-order valence-corrected chi connectivity index (χ3v) is 5.58. The largest absolute Gasteiger partial charge is 0.342 e. The summed E-state index contributed by atoms with van der Waals surface area (Å²) in [6.45, 7) is 11.4. The summed E-state index contributed by atoms with van der Waals surface area (Å²) < 4.78 is 0. The lowest BCUT2D eigenvalue weighted by Gasteiger charge is -2.35. The second-order valence-electron chi connectivity index (χ2n) is 8.52. The molecule has 2 saturated heterocycles. The maximum atomic E-state index is 12.5. The average molecular weight is 329 g/mol. The fraction of sp³-hybridized carbons (Fsp3) is 0.700. The molecule has 1 aromatic heterocycles.